The molecule has 0 aliphatic heterocycles. The standard InChI is InChI=1S/C27H31N3O6S/c1-5-16-36-27(32)29(17-19-10-8-7-9-11-19)25-23(26(31)35-6-2)22(18-28(3)4)24(37-25)20-12-14-21(15-13-20)30(33)34/h7-15H,5-6,16-18H2,1-4H3. The average molecular weight is 526 g/mol. The van der Waals surface area contributed by atoms with Gasteiger partial charge in [-0.05, 0) is 50.7 Å². The number of hydrogen-bond donors (Lipinski definition) is 0. The van der Waals surface area contributed by atoms with Gasteiger partial charge in [-0.2, -0.15) is 0 Å². The summed E-state index contributed by atoms with van der Waals surface area (Å²) in [5.41, 5.74) is 2.50. The van der Waals surface area contributed by atoms with E-state index in [1.807, 2.05) is 56.3 Å². The molecular weight excluding hydrogens is 494 g/mol. The average Bonchev–Trinajstić information content (AvgIpc) is 3.24. The topological polar surface area (TPSA) is 102 Å². The van der Waals surface area contributed by atoms with Crippen molar-refractivity contribution in [2.24, 2.45) is 0 Å². The highest BCUT2D eigenvalue weighted by Gasteiger charge is 2.32. The third kappa shape index (κ3) is 6.93. The van der Waals surface area contributed by atoms with Crippen LogP contribution < -0.4 is 4.90 Å². The molecule has 0 N–H and O–H groups in total. The van der Waals surface area contributed by atoms with E-state index >= 15 is 0 Å². The largest absolute Gasteiger partial charge is 0.462 e. The first-order valence-corrected chi connectivity index (χ1v) is 12.8. The molecule has 3 aromatic rings. The molecule has 0 spiro atoms. The number of carbonyl (C=O) groups is 2. The molecule has 2 aromatic carbocycles. The summed E-state index contributed by atoms with van der Waals surface area (Å²) in [6.07, 6.45) is 0.0872. The van der Waals surface area contributed by atoms with Crippen LogP contribution in [0, 0.1) is 10.1 Å². The molecule has 3 rings (SSSR count). The Morgan fingerprint density at radius 2 is 1.65 bits per heavy atom. The third-order valence-corrected chi connectivity index (χ3v) is 6.67. The quantitative estimate of drug-likeness (QED) is 0.169. The van der Waals surface area contributed by atoms with Crippen LogP contribution in [0.25, 0.3) is 10.4 Å². The fourth-order valence-corrected chi connectivity index (χ4v) is 5.04. The summed E-state index contributed by atoms with van der Waals surface area (Å²) in [7, 11) is 3.76. The molecule has 0 bridgehead atoms. The summed E-state index contributed by atoms with van der Waals surface area (Å²) >= 11 is 1.27. The third-order valence-electron chi connectivity index (χ3n) is 5.36. The molecule has 0 radical (unpaired) electrons. The number of thiophene rings is 1. The number of nitro groups is 1. The highest BCUT2D eigenvalue weighted by molar-refractivity contribution is 7.20. The van der Waals surface area contributed by atoms with Gasteiger partial charge >= 0.3 is 12.1 Å². The van der Waals surface area contributed by atoms with Crippen molar-refractivity contribution in [3.05, 3.63) is 81.4 Å². The van der Waals surface area contributed by atoms with Crippen LogP contribution in [0.5, 0.6) is 0 Å². The Morgan fingerprint density at radius 3 is 2.22 bits per heavy atom. The van der Waals surface area contributed by atoms with Crippen LogP contribution >= 0.6 is 11.3 Å². The maximum Gasteiger partial charge on any atom is 0.415 e. The van der Waals surface area contributed by atoms with Gasteiger partial charge in [-0.15, -0.1) is 11.3 Å². The molecule has 0 atom stereocenters. The Balaban J connectivity index is 2.24. The zero-order valence-corrected chi connectivity index (χ0v) is 22.2. The number of esters is 1. The van der Waals surface area contributed by atoms with Gasteiger partial charge in [0.05, 0.1) is 30.2 Å². The first-order valence-electron chi connectivity index (χ1n) is 12.0. The number of carbonyl (C=O) groups excluding carboxylic acids is 2. The van der Waals surface area contributed by atoms with Crippen molar-refractivity contribution >= 4 is 34.1 Å². The second-order valence-corrected chi connectivity index (χ2v) is 9.54. The van der Waals surface area contributed by atoms with Crippen molar-refractivity contribution in [2.45, 2.75) is 33.4 Å². The van der Waals surface area contributed by atoms with Crippen molar-refractivity contribution in [1.29, 1.82) is 0 Å². The van der Waals surface area contributed by atoms with E-state index in [9.17, 15) is 19.7 Å². The lowest BCUT2D eigenvalue weighted by Crippen LogP contribution is -2.32. The number of ether oxygens (including phenoxy) is 2. The molecule has 9 nitrogen and oxygen atoms in total. The van der Waals surface area contributed by atoms with Gasteiger partial charge in [-0.25, -0.2) is 9.59 Å². The van der Waals surface area contributed by atoms with Gasteiger partial charge in [0, 0.05) is 29.1 Å². The first-order chi connectivity index (χ1) is 17.8. The van der Waals surface area contributed by atoms with Gasteiger partial charge in [0.1, 0.15) is 5.00 Å². The second kappa shape index (κ2) is 13.0. The molecule has 10 heteroatoms. The molecule has 1 heterocycles. The number of hydrogen-bond acceptors (Lipinski definition) is 8. The van der Waals surface area contributed by atoms with Crippen LogP contribution in [0.3, 0.4) is 0 Å². The van der Waals surface area contributed by atoms with Crippen molar-refractivity contribution < 1.29 is 24.0 Å². The lowest BCUT2D eigenvalue weighted by atomic mass is 10.0. The second-order valence-electron chi connectivity index (χ2n) is 8.54. The molecule has 37 heavy (non-hydrogen) atoms. The lowest BCUT2D eigenvalue weighted by Gasteiger charge is -2.22. The maximum atomic E-state index is 13.3. The Labute approximate surface area is 220 Å². The van der Waals surface area contributed by atoms with Gasteiger partial charge in [0.2, 0.25) is 0 Å². The van der Waals surface area contributed by atoms with E-state index < -0.39 is 17.0 Å². The summed E-state index contributed by atoms with van der Waals surface area (Å²) in [6.45, 7) is 4.62. The molecule has 1 amide bonds. The Hall–Kier alpha value is -3.76. The zero-order valence-electron chi connectivity index (χ0n) is 21.4. The van der Waals surface area contributed by atoms with E-state index in [0.29, 0.717) is 34.7 Å². The fraction of sp³-hybridized carbons (Fsp3) is 0.333. The number of anilines is 1. The normalized spacial score (nSPS) is 10.8. The van der Waals surface area contributed by atoms with Crippen LogP contribution in [0.4, 0.5) is 15.5 Å². The molecule has 196 valence electrons. The first kappa shape index (κ1) is 27.8. The summed E-state index contributed by atoms with van der Waals surface area (Å²) in [5.74, 6) is -0.542. The number of nitrogens with zero attached hydrogens (tertiary/aromatic N) is 3. The summed E-state index contributed by atoms with van der Waals surface area (Å²) in [5, 5.41) is 11.6. The molecule has 0 fully saturated rings. The maximum absolute atomic E-state index is 13.3. The minimum atomic E-state index is -0.566. The van der Waals surface area contributed by atoms with Crippen LogP contribution in [0.1, 0.15) is 41.8 Å². The number of rotatable bonds is 11. The summed E-state index contributed by atoms with van der Waals surface area (Å²) in [4.78, 5) is 41.5. The SMILES string of the molecule is CCCOC(=O)N(Cc1ccccc1)c1sc(-c2ccc([N+](=O)[O-])cc2)c(CN(C)C)c1C(=O)OCC. The van der Waals surface area contributed by atoms with Crippen molar-refractivity contribution in [2.75, 3.05) is 32.2 Å². The highest BCUT2D eigenvalue weighted by atomic mass is 32.1. The van der Waals surface area contributed by atoms with Crippen LogP contribution in [0.15, 0.2) is 54.6 Å². The summed E-state index contributed by atoms with van der Waals surface area (Å²) < 4.78 is 10.9. The van der Waals surface area contributed by atoms with Gasteiger partial charge in [0.25, 0.3) is 5.69 Å². The molecular formula is C27H31N3O6S. The fourth-order valence-electron chi connectivity index (χ4n) is 3.74. The van der Waals surface area contributed by atoms with Gasteiger partial charge in [0.15, 0.2) is 0 Å². The number of amides is 1. The molecule has 0 saturated carbocycles. The van der Waals surface area contributed by atoms with E-state index in [-0.39, 0.29) is 25.4 Å². The van der Waals surface area contributed by atoms with E-state index in [1.54, 1.807) is 19.1 Å². The van der Waals surface area contributed by atoms with Crippen LogP contribution in [-0.4, -0.2) is 49.2 Å². The smallest absolute Gasteiger partial charge is 0.415 e. The molecule has 0 aliphatic rings. The predicted octanol–water partition coefficient (Wildman–Crippen LogP) is 6.11. The highest BCUT2D eigenvalue weighted by Crippen LogP contribution is 2.44. The van der Waals surface area contributed by atoms with Crippen LogP contribution in [0.2, 0.25) is 0 Å². The number of non-ortho nitro benzene ring substituents is 1. The van der Waals surface area contributed by atoms with Crippen molar-refractivity contribution in [1.82, 2.24) is 4.90 Å². The molecule has 1 aromatic heterocycles. The number of nitro benzene ring substituents is 1. The Bertz CT molecular complexity index is 1220. The van der Waals surface area contributed by atoms with Crippen molar-refractivity contribution in [3.63, 3.8) is 0 Å². The molecule has 0 saturated heterocycles. The van der Waals surface area contributed by atoms with Gasteiger partial charge in [-0.3, -0.25) is 15.0 Å². The van der Waals surface area contributed by atoms with E-state index in [1.165, 1.54) is 28.4 Å². The molecule has 0 aliphatic carbocycles. The molecule has 0 unspecified atom stereocenters. The van der Waals surface area contributed by atoms with E-state index in [4.69, 9.17) is 9.47 Å². The van der Waals surface area contributed by atoms with Gasteiger partial charge < -0.3 is 14.4 Å². The monoisotopic (exact) mass is 525 g/mol. The number of benzene rings is 2. The predicted molar refractivity (Wildman–Crippen MR) is 144 cm³/mol. The van der Waals surface area contributed by atoms with Crippen molar-refractivity contribution in [3.8, 4) is 10.4 Å². The summed E-state index contributed by atoms with van der Waals surface area (Å²) in [6, 6.07) is 15.6. The minimum absolute atomic E-state index is 0.0332. The lowest BCUT2D eigenvalue weighted by molar-refractivity contribution is -0.384. The Kier molecular flexibility index (Phi) is 9.76. The van der Waals surface area contributed by atoms with E-state index in [0.717, 1.165) is 10.4 Å². The Morgan fingerprint density at radius 1 is 0.973 bits per heavy atom. The zero-order chi connectivity index (χ0) is 26.9. The van der Waals surface area contributed by atoms with Gasteiger partial charge in [-0.1, -0.05) is 37.3 Å². The minimum Gasteiger partial charge on any atom is -0.462 e. The van der Waals surface area contributed by atoms with Crippen LogP contribution in [-0.2, 0) is 22.6 Å². The van der Waals surface area contributed by atoms with E-state index in [2.05, 4.69) is 0 Å².